The first kappa shape index (κ1) is 26.7. The molecule has 0 bridgehead atoms. The molecule has 0 saturated heterocycles. The van der Waals surface area contributed by atoms with E-state index in [1.807, 2.05) is 0 Å². The molecule has 0 fully saturated rings. The van der Waals surface area contributed by atoms with Gasteiger partial charge in [-0.2, -0.15) is 0 Å². The molecule has 0 saturated carbocycles. The monoisotopic (exact) mass is 623 g/mol. The van der Waals surface area contributed by atoms with Gasteiger partial charge in [-0.3, -0.25) is 0 Å². The molecule has 8 aromatic carbocycles. The lowest BCUT2D eigenvalue weighted by atomic mass is 9.70. The molecule has 2 heteroatoms. The summed E-state index contributed by atoms with van der Waals surface area (Å²) in [7, 11) is 0. The number of benzene rings is 8. The predicted octanol–water partition coefficient (Wildman–Crippen LogP) is 12.4. The van der Waals surface area contributed by atoms with Gasteiger partial charge in [0, 0.05) is 11.3 Å². The van der Waals surface area contributed by atoms with Crippen LogP contribution in [-0.2, 0) is 5.41 Å². The largest absolute Gasteiger partial charge is 0.453 e. The summed E-state index contributed by atoms with van der Waals surface area (Å²) in [6, 6.07) is 64.0. The van der Waals surface area contributed by atoms with Crippen LogP contribution in [0.2, 0.25) is 0 Å². The Bertz CT molecular complexity index is 2590. The summed E-state index contributed by atoms with van der Waals surface area (Å²) in [4.78, 5) is 2.38. The molecule has 0 radical (unpaired) electrons. The zero-order chi connectivity index (χ0) is 32.1. The minimum absolute atomic E-state index is 0.514. The van der Waals surface area contributed by atoms with Gasteiger partial charge in [0.25, 0.3) is 0 Å². The smallest absolute Gasteiger partial charge is 0.156 e. The summed E-state index contributed by atoms with van der Waals surface area (Å²) in [5, 5.41) is 2.47. The first-order valence-corrected chi connectivity index (χ1v) is 16.9. The second-order valence-electron chi connectivity index (χ2n) is 13.2. The van der Waals surface area contributed by atoms with Crippen LogP contribution in [-0.4, -0.2) is 0 Å². The number of rotatable bonds is 2. The van der Waals surface area contributed by atoms with Crippen molar-refractivity contribution in [2.75, 3.05) is 4.90 Å². The molecular weight excluding hydrogens is 595 g/mol. The highest BCUT2D eigenvalue weighted by Gasteiger charge is 2.54. The third kappa shape index (κ3) is 3.50. The molecule has 0 unspecified atom stereocenters. The van der Waals surface area contributed by atoms with E-state index in [2.05, 4.69) is 181 Å². The average Bonchev–Trinajstić information content (AvgIpc) is 3.64. The third-order valence-corrected chi connectivity index (χ3v) is 10.8. The van der Waals surface area contributed by atoms with Crippen LogP contribution in [0, 0.1) is 0 Å². The highest BCUT2D eigenvalue weighted by atomic mass is 16.5. The van der Waals surface area contributed by atoms with Crippen LogP contribution in [0.3, 0.4) is 0 Å². The molecule has 0 amide bonds. The Kier molecular flexibility index (Phi) is 5.34. The number of nitrogens with zero attached hydrogens (tertiary/aromatic N) is 1. The van der Waals surface area contributed by atoms with Crippen molar-refractivity contribution in [3.8, 4) is 44.9 Å². The van der Waals surface area contributed by atoms with Gasteiger partial charge in [-0.25, -0.2) is 0 Å². The van der Waals surface area contributed by atoms with Crippen LogP contribution in [0.5, 0.6) is 11.5 Å². The van der Waals surface area contributed by atoms with Crippen molar-refractivity contribution in [3.05, 3.63) is 198 Å². The van der Waals surface area contributed by atoms with Crippen molar-refractivity contribution >= 4 is 27.8 Å². The molecule has 228 valence electrons. The predicted molar refractivity (Wildman–Crippen MR) is 200 cm³/mol. The van der Waals surface area contributed by atoms with Crippen molar-refractivity contribution in [2.45, 2.75) is 5.41 Å². The fraction of sp³-hybridized carbons (Fsp3) is 0.0213. The zero-order valence-electron chi connectivity index (χ0n) is 26.6. The average molecular weight is 624 g/mol. The molecule has 1 spiro atoms. The number of hydrogen-bond acceptors (Lipinski definition) is 2. The van der Waals surface area contributed by atoms with Crippen LogP contribution in [0.15, 0.2) is 176 Å². The first-order valence-electron chi connectivity index (χ1n) is 16.9. The Morgan fingerprint density at radius 2 is 0.959 bits per heavy atom. The van der Waals surface area contributed by atoms with Gasteiger partial charge in [-0.05, 0) is 97.2 Å². The third-order valence-electron chi connectivity index (χ3n) is 10.8. The molecule has 0 aromatic heterocycles. The number of anilines is 3. The van der Waals surface area contributed by atoms with Crippen molar-refractivity contribution in [1.82, 2.24) is 0 Å². The van der Waals surface area contributed by atoms with Gasteiger partial charge in [0.2, 0.25) is 0 Å². The lowest BCUT2D eigenvalue weighted by Gasteiger charge is -2.37. The number of para-hydroxylation sites is 1. The Labute approximate surface area is 285 Å². The Morgan fingerprint density at radius 1 is 0.408 bits per heavy atom. The summed E-state index contributed by atoms with van der Waals surface area (Å²) in [6.45, 7) is 0. The molecule has 8 aromatic rings. The summed E-state index contributed by atoms with van der Waals surface area (Å²) >= 11 is 0. The van der Waals surface area contributed by atoms with E-state index in [4.69, 9.17) is 4.74 Å². The van der Waals surface area contributed by atoms with E-state index in [9.17, 15) is 0 Å². The second kappa shape index (κ2) is 9.82. The lowest BCUT2D eigenvalue weighted by Crippen LogP contribution is -2.28. The molecule has 2 aliphatic carbocycles. The maximum absolute atomic E-state index is 7.33. The topological polar surface area (TPSA) is 12.5 Å². The van der Waals surface area contributed by atoms with E-state index >= 15 is 0 Å². The molecule has 1 aliphatic heterocycles. The van der Waals surface area contributed by atoms with E-state index in [0.29, 0.717) is 0 Å². The van der Waals surface area contributed by atoms with Crippen LogP contribution in [0.1, 0.15) is 22.3 Å². The van der Waals surface area contributed by atoms with E-state index in [1.165, 1.54) is 60.8 Å². The van der Waals surface area contributed by atoms with E-state index in [1.54, 1.807) is 0 Å². The van der Waals surface area contributed by atoms with E-state index < -0.39 is 5.41 Å². The molecule has 49 heavy (non-hydrogen) atoms. The Hall–Kier alpha value is -6.38. The Balaban J connectivity index is 1.21. The standard InChI is InChI=1S/C47H29NO/c1-2-14-34(15-3-1)48-42-26-24-33(32-23-22-30-12-4-5-13-31(30)28-32)29-44(42)49-46-43(48)27-25-38-37-18-8-11-21-41(37)47(45(38)46)39-19-9-6-16-35(39)36-17-7-10-20-40(36)47/h1-29H. The molecule has 0 atom stereocenters. The van der Waals surface area contributed by atoms with Crippen molar-refractivity contribution in [3.63, 3.8) is 0 Å². The van der Waals surface area contributed by atoms with Crippen LogP contribution < -0.4 is 9.64 Å². The minimum Gasteiger partial charge on any atom is -0.453 e. The van der Waals surface area contributed by atoms with Crippen LogP contribution in [0.25, 0.3) is 44.2 Å². The van der Waals surface area contributed by atoms with E-state index in [-0.39, 0.29) is 0 Å². The van der Waals surface area contributed by atoms with Gasteiger partial charge in [0.1, 0.15) is 0 Å². The van der Waals surface area contributed by atoms with Crippen LogP contribution in [0.4, 0.5) is 17.1 Å². The van der Waals surface area contributed by atoms with Crippen molar-refractivity contribution in [2.24, 2.45) is 0 Å². The molecule has 1 heterocycles. The van der Waals surface area contributed by atoms with Gasteiger partial charge >= 0.3 is 0 Å². The summed E-state index contributed by atoms with van der Waals surface area (Å²) in [6.07, 6.45) is 0. The number of ether oxygens (including phenoxy) is 1. The summed E-state index contributed by atoms with van der Waals surface area (Å²) in [5.74, 6) is 1.76. The zero-order valence-corrected chi connectivity index (χ0v) is 26.6. The van der Waals surface area contributed by atoms with E-state index in [0.717, 1.165) is 34.1 Å². The van der Waals surface area contributed by atoms with Crippen molar-refractivity contribution < 1.29 is 4.74 Å². The highest BCUT2D eigenvalue weighted by Crippen LogP contribution is 2.67. The minimum atomic E-state index is -0.514. The molecule has 3 aliphatic rings. The molecule has 11 rings (SSSR count). The highest BCUT2D eigenvalue weighted by molar-refractivity contribution is 6.00. The van der Waals surface area contributed by atoms with Crippen molar-refractivity contribution in [1.29, 1.82) is 0 Å². The van der Waals surface area contributed by atoms with Crippen LogP contribution >= 0.6 is 0 Å². The fourth-order valence-electron chi connectivity index (χ4n) is 8.85. The SMILES string of the molecule is c1ccc(N2c3ccc(-c4ccc5ccccc5c4)cc3Oc3c2ccc2c3C3(c4ccccc4-c4ccccc43)c3ccccc3-2)cc1. The van der Waals surface area contributed by atoms with Gasteiger partial charge < -0.3 is 9.64 Å². The normalized spacial score (nSPS) is 14.0. The summed E-state index contributed by atoms with van der Waals surface area (Å²) in [5.41, 5.74) is 15.1. The molecule has 0 N–H and O–H groups in total. The molecular formula is C47H29NO. The lowest BCUT2D eigenvalue weighted by molar-refractivity contribution is 0.466. The number of hydrogen-bond donors (Lipinski definition) is 0. The Morgan fingerprint density at radius 3 is 1.67 bits per heavy atom. The maximum atomic E-state index is 7.33. The van der Waals surface area contributed by atoms with Gasteiger partial charge in [-0.15, -0.1) is 0 Å². The quantitative estimate of drug-likeness (QED) is 0.190. The maximum Gasteiger partial charge on any atom is 0.156 e. The summed E-state index contributed by atoms with van der Waals surface area (Å²) < 4.78 is 7.33. The second-order valence-corrected chi connectivity index (χ2v) is 13.2. The fourth-order valence-corrected chi connectivity index (χ4v) is 8.85. The van der Waals surface area contributed by atoms with Gasteiger partial charge in [0.15, 0.2) is 11.5 Å². The first-order chi connectivity index (χ1) is 24.3. The number of fused-ring (bicyclic) bond motifs is 14. The van der Waals surface area contributed by atoms with Gasteiger partial charge in [-0.1, -0.05) is 140 Å². The molecule has 2 nitrogen and oxygen atoms in total. The van der Waals surface area contributed by atoms with Gasteiger partial charge in [0.05, 0.1) is 16.8 Å².